The predicted octanol–water partition coefficient (Wildman–Crippen LogP) is 4.92. The van der Waals surface area contributed by atoms with Crippen LogP contribution in [0.25, 0.3) is 11.2 Å². The Balaban J connectivity index is 1.37. The van der Waals surface area contributed by atoms with Crippen molar-refractivity contribution in [2.24, 2.45) is 0 Å². The number of anilines is 1. The average molecular weight is 486 g/mol. The van der Waals surface area contributed by atoms with E-state index in [0.717, 1.165) is 0 Å². The summed E-state index contributed by atoms with van der Waals surface area (Å²) in [6.45, 7) is 0.427. The first-order valence-corrected chi connectivity index (χ1v) is 12.4. The van der Waals surface area contributed by atoms with E-state index in [2.05, 4.69) is 15.0 Å². The molecule has 1 aliphatic rings. The van der Waals surface area contributed by atoms with Crippen LogP contribution >= 0.6 is 19.2 Å². The monoisotopic (exact) mass is 485 g/mol. The highest BCUT2D eigenvalue weighted by molar-refractivity contribution is 7.55. The second-order valence-electron chi connectivity index (χ2n) is 7.58. The lowest BCUT2D eigenvalue weighted by molar-refractivity contribution is 0.0640. The first kappa shape index (κ1) is 21.7. The summed E-state index contributed by atoms with van der Waals surface area (Å²) in [7, 11) is -3.72. The Kier molecular flexibility index (Phi) is 5.93. The number of imidazole rings is 1. The van der Waals surface area contributed by atoms with Crippen molar-refractivity contribution >= 4 is 36.3 Å². The molecule has 0 amide bonds. The van der Waals surface area contributed by atoms with Crippen LogP contribution in [0.2, 0.25) is 5.15 Å². The van der Waals surface area contributed by atoms with Crippen LogP contribution < -0.4 is 14.8 Å². The number of hydrogen-bond acceptors (Lipinski definition) is 8. The van der Waals surface area contributed by atoms with Gasteiger partial charge in [-0.3, -0.25) is 0 Å². The third-order valence-electron chi connectivity index (χ3n) is 5.23. The number of nitrogen functional groups attached to an aromatic ring is 1. The molecule has 1 aliphatic heterocycles. The Hall–Kier alpha value is -3.13. The molecule has 4 aromatic rings. The number of hydrogen-bond donors (Lipinski definition) is 1. The van der Waals surface area contributed by atoms with Crippen LogP contribution in [0, 0.1) is 0 Å². The summed E-state index contributed by atoms with van der Waals surface area (Å²) in [6, 6.07) is 17.9. The summed E-state index contributed by atoms with van der Waals surface area (Å²) >= 11 is 6.12. The lowest BCUT2D eigenvalue weighted by Gasteiger charge is -2.25. The van der Waals surface area contributed by atoms with Crippen LogP contribution in [0.4, 0.5) is 5.95 Å². The Morgan fingerprint density at radius 1 is 1.03 bits per heavy atom. The van der Waals surface area contributed by atoms with Crippen LogP contribution in [-0.2, 0) is 15.8 Å². The molecule has 0 bridgehead atoms. The standard InChI is InChI=1S/C22H21ClN5O4P/c23-20-19-21(27-22(24)26-20)28(14-25-19)13-17-11-12-18(30-17)33(29,31-15-7-3-1-4-8-15)32-16-9-5-2-6-10-16/h1-10,14,17-18H,11-13H2,(H2,24,26,27). The van der Waals surface area contributed by atoms with E-state index in [1.165, 1.54) is 0 Å². The van der Waals surface area contributed by atoms with E-state index in [4.69, 9.17) is 31.1 Å². The third kappa shape index (κ3) is 4.66. The molecule has 170 valence electrons. The minimum absolute atomic E-state index is 0.0662. The van der Waals surface area contributed by atoms with Crippen molar-refractivity contribution in [3.63, 3.8) is 0 Å². The van der Waals surface area contributed by atoms with Gasteiger partial charge in [0.1, 0.15) is 17.0 Å². The van der Waals surface area contributed by atoms with Crippen LogP contribution in [0.5, 0.6) is 11.5 Å². The molecular weight excluding hydrogens is 465 g/mol. The fraction of sp³-hybridized carbons (Fsp3) is 0.227. The van der Waals surface area contributed by atoms with Crippen molar-refractivity contribution in [3.8, 4) is 11.5 Å². The highest BCUT2D eigenvalue weighted by Crippen LogP contribution is 2.57. The minimum atomic E-state index is -3.72. The minimum Gasteiger partial charge on any atom is -0.414 e. The molecule has 2 atom stereocenters. The van der Waals surface area contributed by atoms with Crippen molar-refractivity contribution in [3.05, 3.63) is 72.1 Å². The van der Waals surface area contributed by atoms with E-state index in [0.29, 0.717) is 42.0 Å². The third-order valence-corrected chi connectivity index (χ3v) is 7.51. The Labute approximate surface area is 195 Å². The van der Waals surface area contributed by atoms with Crippen molar-refractivity contribution in [1.82, 2.24) is 19.5 Å². The van der Waals surface area contributed by atoms with E-state index >= 15 is 0 Å². The molecule has 11 heteroatoms. The van der Waals surface area contributed by atoms with E-state index in [1.807, 2.05) is 36.4 Å². The first-order valence-electron chi connectivity index (χ1n) is 10.4. The molecule has 9 nitrogen and oxygen atoms in total. The van der Waals surface area contributed by atoms with Crippen molar-refractivity contribution in [2.45, 2.75) is 31.3 Å². The molecule has 0 radical (unpaired) electrons. The zero-order valence-corrected chi connectivity index (χ0v) is 19.1. The fourth-order valence-corrected chi connectivity index (χ4v) is 5.83. The number of fused-ring (bicyclic) bond motifs is 1. The van der Waals surface area contributed by atoms with Gasteiger partial charge in [-0.25, -0.2) is 9.55 Å². The fourth-order valence-electron chi connectivity index (χ4n) is 3.73. The van der Waals surface area contributed by atoms with Gasteiger partial charge in [0.2, 0.25) is 5.95 Å². The molecule has 0 aliphatic carbocycles. The maximum Gasteiger partial charge on any atom is 0.459 e. The molecule has 33 heavy (non-hydrogen) atoms. The van der Waals surface area contributed by atoms with Gasteiger partial charge in [-0.15, -0.1) is 0 Å². The van der Waals surface area contributed by atoms with E-state index in [1.54, 1.807) is 35.2 Å². The molecule has 2 unspecified atom stereocenters. The van der Waals surface area contributed by atoms with Gasteiger partial charge in [-0.05, 0) is 37.1 Å². The molecule has 2 aromatic carbocycles. The van der Waals surface area contributed by atoms with E-state index < -0.39 is 13.4 Å². The highest BCUT2D eigenvalue weighted by Gasteiger charge is 2.45. The molecule has 2 aromatic heterocycles. The number of para-hydroxylation sites is 2. The number of nitrogens with two attached hydrogens (primary N) is 1. The summed E-state index contributed by atoms with van der Waals surface area (Å²) in [5.41, 5.74) is 6.72. The van der Waals surface area contributed by atoms with Gasteiger partial charge < -0.3 is 24.1 Å². The number of rotatable bonds is 7. The number of ether oxygens (including phenoxy) is 1. The molecule has 1 saturated heterocycles. The molecular formula is C22H21ClN5O4P. The zero-order valence-electron chi connectivity index (χ0n) is 17.5. The predicted molar refractivity (Wildman–Crippen MR) is 124 cm³/mol. The van der Waals surface area contributed by atoms with Crippen molar-refractivity contribution in [1.29, 1.82) is 0 Å². The van der Waals surface area contributed by atoms with Crippen LogP contribution in [0.15, 0.2) is 67.0 Å². The maximum atomic E-state index is 14.0. The van der Waals surface area contributed by atoms with Gasteiger partial charge in [-0.1, -0.05) is 48.0 Å². The number of benzene rings is 2. The smallest absolute Gasteiger partial charge is 0.414 e. The van der Waals surface area contributed by atoms with Gasteiger partial charge >= 0.3 is 7.60 Å². The number of aromatic nitrogens is 4. The lowest BCUT2D eigenvalue weighted by atomic mass is 10.2. The molecule has 1 fully saturated rings. The van der Waals surface area contributed by atoms with E-state index in [-0.39, 0.29) is 17.2 Å². The molecule has 3 heterocycles. The second kappa shape index (κ2) is 9.02. The summed E-state index contributed by atoms with van der Waals surface area (Å²) in [5, 5.41) is 0.193. The van der Waals surface area contributed by atoms with Gasteiger partial charge in [0.15, 0.2) is 16.6 Å². The molecule has 0 spiro atoms. The Morgan fingerprint density at radius 3 is 2.30 bits per heavy atom. The lowest BCUT2D eigenvalue weighted by Crippen LogP contribution is -2.20. The average Bonchev–Trinajstić information content (AvgIpc) is 3.44. The van der Waals surface area contributed by atoms with Crippen molar-refractivity contribution in [2.75, 3.05) is 5.73 Å². The largest absolute Gasteiger partial charge is 0.459 e. The summed E-state index contributed by atoms with van der Waals surface area (Å²) in [6.07, 6.45) is 2.52. The van der Waals surface area contributed by atoms with Gasteiger partial charge in [-0.2, -0.15) is 9.97 Å². The topological polar surface area (TPSA) is 114 Å². The normalized spacial score (nSPS) is 18.5. The Bertz CT molecular complexity index is 1260. The van der Waals surface area contributed by atoms with E-state index in [9.17, 15) is 4.57 Å². The van der Waals surface area contributed by atoms with Gasteiger partial charge in [0, 0.05) is 0 Å². The van der Waals surface area contributed by atoms with Crippen molar-refractivity contribution < 1.29 is 18.3 Å². The quantitative estimate of drug-likeness (QED) is 0.290. The summed E-state index contributed by atoms with van der Waals surface area (Å²) in [5.74, 6) is 0.231. The van der Waals surface area contributed by atoms with Gasteiger partial charge in [0.05, 0.1) is 19.0 Å². The first-order chi connectivity index (χ1) is 16.0. The highest BCUT2D eigenvalue weighted by atomic mass is 35.5. The van der Waals surface area contributed by atoms with Crippen LogP contribution in [0.1, 0.15) is 12.8 Å². The zero-order chi connectivity index (χ0) is 22.8. The molecule has 0 saturated carbocycles. The number of nitrogens with zero attached hydrogens (tertiary/aromatic N) is 4. The maximum absolute atomic E-state index is 14.0. The van der Waals surface area contributed by atoms with Crippen LogP contribution in [0.3, 0.4) is 0 Å². The van der Waals surface area contributed by atoms with Crippen LogP contribution in [-0.4, -0.2) is 31.5 Å². The second-order valence-corrected chi connectivity index (χ2v) is 9.96. The molecule has 2 N–H and O–H groups in total. The summed E-state index contributed by atoms with van der Waals surface area (Å²) < 4.78 is 33.8. The molecule has 5 rings (SSSR count). The summed E-state index contributed by atoms with van der Waals surface area (Å²) in [4.78, 5) is 12.4. The SMILES string of the molecule is Nc1nc(Cl)c2ncn(CC3CCC(P(=O)(Oc4ccccc4)Oc4ccccc4)O3)c2n1. The number of halogens is 1. The Morgan fingerprint density at radius 2 is 1.67 bits per heavy atom. The van der Waals surface area contributed by atoms with Gasteiger partial charge in [0.25, 0.3) is 0 Å².